The number of fused-ring (bicyclic) bond motifs is 1. The van der Waals surface area contributed by atoms with E-state index in [2.05, 4.69) is 6.92 Å². The molecule has 0 aliphatic carbocycles. The Labute approximate surface area is 220 Å². The van der Waals surface area contributed by atoms with Crippen LogP contribution in [0, 0.1) is 5.92 Å². The van der Waals surface area contributed by atoms with Gasteiger partial charge in [0.1, 0.15) is 0 Å². The van der Waals surface area contributed by atoms with Gasteiger partial charge in [-0.2, -0.15) is 11.8 Å². The molecule has 37 heavy (non-hydrogen) atoms. The van der Waals surface area contributed by atoms with Gasteiger partial charge in [-0.15, -0.1) is 0 Å². The molecule has 0 saturated carbocycles. The topological polar surface area (TPSA) is 96.3 Å². The zero-order valence-corrected chi connectivity index (χ0v) is 21.3. The van der Waals surface area contributed by atoms with Crippen molar-refractivity contribution in [2.24, 2.45) is 5.92 Å². The van der Waals surface area contributed by atoms with E-state index in [1.54, 1.807) is 48.2 Å². The number of anilines is 1. The number of ether oxygens (including phenoxy) is 2. The van der Waals surface area contributed by atoms with Gasteiger partial charge in [-0.25, -0.2) is 4.90 Å². The minimum atomic E-state index is -0.644. The Kier molecular flexibility index (Phi) is 7.73. The summed E-state index contributed by atoms with van der Waals surface area (Å²) in [7, 11) is 0. The Balaban J connectivity index is 1.39. The first-order valence-corrected chi connectivity index (χ1v) is 13.4. The molecular weight excluding hydrogens is 490 g/mol. The lowest BCUT2D eigenvalue weighted by Crippen LogP contribution is -2.38. The van der Waals surface area contributed by atoms with Crippen molar-refractivity contribution in [1.82, 2.24) is 0 Å². The average molecular weight is 520 g/mol. The fraction of sp³-hybridized carbons (Fsp3) is 0.310. The van der Waals surface area contributed by atoms with E-state index in [-0.39, 0.29) is 43.2 Å². The van der Waals surface area contributed by atoms with E-state index >= 15 is 0 Å². The summed E-state index contributed by atoms with van der Waals surface area (Å²) in [5, 5.41) is 18.6. The first-order chi connectivity index (χ1) is 18.0. The molecule has 3 aromatic carbocycles. The molecule has 2 N–H and O–H groups in total. The minimum absolute atomic E-state index is 0.0209. The zero-order valence-electron chi connectivity index (χ0n) is 20.4. The number of carbonyl (C=O) groups excluding carboxylic acids is 2. The van der Waals surface area contributed by atoms with Gasteiger partial charge in [-0.3, -0.25) is 9.59 Å². The maximum Gasteiger partial charge on any atom is 0.266 e. The van der Waals surface area contributed by atoms with Crippen molar-refractivity contribution < 1.29 is 29.3 Å². The molecule has 2 aliphatic rings. The van der Waals surface area contributed by atoms with Crippen molar-refractivity contribution in [3.63, 3.8) is 0 Å². The third kappa shape index (κ3) is 5.08. The molecule has 2 heterocycles. The summed E-state index contributed by atoms with van der Waals surface area (Å²) in [4.78, 5) is 26.9. The lowest BCUT2D eigenvalue weighted by Gasteiger charge is -2.41. The number of hydrogen-bond donors (Lipinski definition) is 2. The zero-order chi connectivity index (χ0) is 25.9. The highest BCUT2D eigenvalue weighted by atomic mass is 32.2. The first kappa shape index (κ1) is 25.6. The Hall–Kier alpha value is -3.01. The smallest absolute Gasteiger partial charge is 0.266 e. The molecule has 0 radical (unpaired) electrons. The van der Waals surface area contributed by atoms with Gasteiger partial charge in [0, 0.05) is 23.0 Å². The van der Waals surface area contributed by atoms with Gasteiger partial charge in [-0.1, -0.05) is 55.5 Å². The standard InChI is InChI=1S/C29H29NO6S/c1-18-25(17-37-15-14-31)35-29(36-26(18)20-8-6-19(16-32)7-9-20)21-10-12-22(13-11-21)30-27(33)23-4-2-3-5-24(23)28(30)34/h2-13,18,25-26,29,31-32H,14-17H2,1H3/t18-,25+,26+,29+/m0/s1. The van der Waals surface area contributed by atoms with Crippen LogP contribution in [-0.4, -0.2) is 46.2 Å². The molecule has 8 heteroatoms. The molecule has 0 bridgehead atoms. The summed E-state index contributed by atoms with van der Waals surface area (Å²) in [6, 6.07) is 21.7. The van der Waals surface area contributed by atoms with E-state index in [9.17, 15) is 19.8 Å². The lowest BCUT2D eigenvalue weighted by molar-refractivity contribution is -0.268. The predicted molar refractivity (Wildman–Crippen MR) is 141 cm³/mol. The van der Waals surface area contributed by atoms with Crippen LogP contribution in [0.5, 0.6) is 0 Å². The number of carbonyl (C=O) groups is 2. The molecule has 1 saturated heterocycles. The van der Waals surface area contributed by atoms with Crippen LogP contribution >= 0.6 is 11.8 Å². The molecular formula is C29H29NO6S. The van der Waals surface area contributed by atoms with Crippen molar-refractivity contribution in [3.8, 4) is 0 Å². The van der Waals surface area contributed by atoms with Crippen LogP contribution in [0.4, 0.5) is 5.69 Å². The second-order valence-electron chi connectivity index (χ2n) is 9.20. The summed E-state index contributed by atoms with van der Waals surface area (Å²) < 4.78 is 12.8. The molecule has 7 nitrogen and oxygen atoms in total. The van der Waals surface area contributed by atoms with Crippen LogP contribution in [0.25, 0.3) is 0 Å². The van der Waals surface area contributed by atoms with Crippen molar-refractivity contribution >= 4 is 29.3 Å². The fourth-order valence-electron chi connectivity index (χ4n) is 4.78. The van der Waals surface area contributed by atoms with Gasteiger partial charge in [0.05, 0.1) is 42.2 Å². The minimum Gasteiger partial charge on any atom is -0.396 e. The molecule has 3 aromatic rings. The van der Waals surface area contributed by atoms with E-state index < -0.39 is 6.29 Å². The number of thioether (sulfide) groups is 1. The number of aliphatic hydroxyl groups excluding tert-OH is 2. The van der Waals surface area contributed by atoms with Gasteiger partial charge in [0.25, 0.3) is 11.8 Å². The van der Waals surface area contributed by atoms with Gasteiger partial charge in [0.2, 0.25) is 0 Å². The maximum atomic E-state index is 12.9. The van der Waals surface area contributed by atoms with E-state index in [0.29, 0.717) is 28.3 Å². The molecule has 0 spiro atoms. The number of nitrogens with zero attached hydrogens (tertiary/aromatic N) is 1. The van der Waals surface area contributed by atoms with Crippen LogP contribution in [0.15, 0.2) is 72.8 Å². The van der Waals surface area contributed by atoms with Crippen molar-refractivity contribution in [3.05, 3.63) is 101 Å². The number of amides is 2. The van der Waals surface area contributed by atoms with E-state index in [1.807, 2.05) is 36.4 Å². The molecule has 5 rings (SSSR count). The summed E-state index contributed by atoms with van der Waals surface area (Å²) in [5.41, 5.74) is 3.91. The largest absolute Gasteiger partial charge is 0.396 e. The number of rotatable bonds is 8. The van der Waals surface area contributed by atoms with Gasteiger partial charge in [0.15, 0.2) is 6.29 Å². The Morgan fingerprint density at radius 3 is 2.05 bits per heavy atom. The maximum absolute atomic E-state index is 12.9. The third-order valence-electron chi connectivity index (χ3n) is 6.86. The molecule has 4 atom stereocenters. The molecule has 192 valence electrons. The quantitative estimate of drug-likeness (QED) is 0.334. The SMILES string of the molecule is C[C@H]1[C@@H](CSCCO)O[C@@H](c2ccc(N3C(=O)c4ccccc4C3=O)cc2)O[C@H]1c1ccc(CO)cc1. The second kappa shape index (κ2) is 11.2. The summed E-state index contributed by atoms with van der Waals surface area (Å²) in [5.74, 6) is 0.725. The van der Waals surface area contributed by atoms with Crippen molar-refractivity contribution in [1.29, 1.82) is 0 Å². The van der Waals surface area contributed by atoms with E-state index in [4.69, 9.17) is 9.47 Å². The van der Waals surface area contributed by atoms with E-state index in [0.717, 1.165) is 16.7 Å². The molecule has 2 amide bonds. The number of aliphatic hydroxyl groups is 2. The number of benzene rings is 3. The van der Waals surface area contributed by atoms with Crippen LogP contribution in [-0.2, 0) is 16.1 Å². The highest BCUT2D eigenvalue weighted by Crippen LogP contribution is 2.43. The van der Waals surface area contributed by atoms with Gasteiger partial charge in [-0.05, 0) is 35.4 Å². The molecule has 1 fully saturated rings. The van der Waals surface area contributed by atoms with Gasteiger partial charge < -0.3 is 19.7 Å². The highest BCUT2D eigenvalue weighted by molar-refractivity contribution is 7.99. The highest BCUT2D eigenvalue weighted by Gasteiger charge is 2.39. The van der Waals surface area contributed by atoms with Crippen LogP contribution in [0.1, 0.15) is 56.7 Å². The average Bonchev–Trinajstić information content (AvgIpc) is 3.19. The molecule has 2 aliphatic heterocycles. The van der Waals surface area contributed by atoms with Crippen molar-refractivity contribution in [2.75, 3.05) is 23.0 Å². The fourth-order valence-corrected chi connectivity index (χ4v) is 5.69. The molecule has 0 aromatic heterocycles. The van der Waals surface area contributed by atoms with Crippen molar-refractivity contribution in [2.45, 2.75) is 32.0 Å². The molecule has 0 unspecified atom stereocenters. The summed E-state index contributed by atoms with van der Waals surface area (Å²) in [6.07, 6.45) is -0.995. The number of hydrogen-bond acceptors (Lipinski definition) is 7. The summed E-state index contributed by atoms with van der Waals surface area (Å²) in [6.45, 7) is 2.18. The van der Waals surface area contributed by atoms with Gasteiger partial charge >= 0.3 is 0 Å². The third-order valence-corrected chi connectivity index (χ3v) is 7.89. The Bertz CT molecular complexity index is 1230. The van der Waals surface area contributed by atoms with Crippen LogP contribution in [0.3, 0.4) is 0 Å². The normalized spacial score (nSPS) is 23.4. The number of imide groups is 1. The van der Waals surface area contributed by atoms with Crippen LogP contribution in [0.2, 0.25) is 0 Å². The monoisotopic (exact) mass is 519 g/mol. The van der Waals surface area contributed by atoms with Crippen LogP contribution < -0.4 is 4.90 Å². The predicted octanol–water partition coefficient (Wildman–Crippen LogP) is 4.50. The first-order valence-electron chi connectivity index (χ1n) is 12.3. The summed E-state index contributed by atoms with van der Waals surface area (Å²) >= 11 is 1.63. The Morgan fingerprint density at radius 2 is 1.46 bits per heavy atom. The lowest BCUT2D eigenvalue weighted by atomic mass is 9.91. The Morgan fingerprint density at radius 1 is 0.838 bits per heavy atom. The van der Waals surface area contributed by atoms with E-state index in [1.165, 1.54) is 4.90 Å². The second-order valence-corrected chi connectivity index (χ2v) is 10.4.